The highest BCUT2D eigenvalue weighted by molar-refractivity contribution is 5.80. The van der Waals surface area contributed by atoms with Crippen LogP contribution in [-0.4, -0.2) is 25.2 Å². The Kier molecular flexibility index (Phi) is 8.47. The second kappa shape index (κ2) is 8.87. The molecular weight excluding hydrogens is 304 g/mol. The molecule has 0 saturated carbocycles. The molecule has 0 aliphatic carbocycles. The average Bonchev–Trinajstić information content (AvgIpc) is 2.38. The van der Waals surface area contributed by atoms with E-state index in [1.165, 1.54) is 0 Å². The summed E-state index contributed by atoms with van der Waals surface area (Å²) in [6.07, 6.45) is 1.88. The Morgan fingerprint density at radius 3 is 1.71 bits per heavy atom. The van der Waals surface area contributed by atoms with Gasteiger partial charge in [0.2, 0.25) is 0 Å². The molecule has 0 aromatic heterocycles. The zero-order valence-electron chi connectivity index (χ0n) is 17.2. The van der Waals surface area contributed by atoms with Gasteiger partial charge in [0.05, 0.1) is 25.6 Å². The molecule has 0 aromatic carbocycles. The minimum absolute atomic E-state index is 0.0755. The minimum atomic E-state index is -0.479. The Bertz CT molecular complexity index is 410. The highest BCUT2D eigenvalue weighted by Gasteiger charge is 2.38. The molecule has 0 aliphatic rings. The Morgan fingerprint density at radius 1 is 0.833 bits per heavy atom. The van der Waals surface area contributed by atoms with Gasteiger partial charge in [-0.05, 0) is 22.7 Å². The maximum Gasteiger partial charge on any atom is 0.310 e. The van der Waals surface area contributed by atoms with Gasteiger partial charge in [0.1, 0.15) is 0 Å². The third kappa shape index (κ3) is 9.94. The van der Waals surface area contributed by atoms with Crippen molar-refractivity contribution in [1.82, 2.24) is 0 Å². The lowest BCUT2D eigenvalue weighted by molar-refractivity contribution is -0.162. The molecule has 0 bridgehead atoms. The molecule has 0 heterocycles. The number of carbonyl (C=O) groups is 2. The predicted octanol–water partition coefficient (Wildman–Crippen LogP) is 5.00. The van der Waals surface area contributed by atoms with Gasteiger partial charge in [-0.25, -0.2) is 0 Å². The van der Waals surface area contributed by atoms with E-state index in [9.17, 15) is 9.59 Å². The number of rotatable bonds is 8. The molecule has 0 fully saturated rings. The van der Waals surface area contributed by atoms with Crippen LogP contribution in [0, 0.1) is 22.2 Å². The zero-order valence-corrected chi connectivity index (χ0v) is 17.2. The average molecular weight is 343 g/mol. The van der Waals surface area contributed by atoms with Crippen LogP contribution >= 0.6 is 0 Å². The number of ether oxygens (including phenoxy) is 2. The highest BCUT2D eigenvalue weighted by atomic mass is 16.5. The van der Waals surface area contributed by atoms with E-state index >= 15 is 0 Å². The van der Waals surface area contributed by atoms with Crippen molar-refractivity contribution >= 4 is 11.9 Å². The summed E-state index contributed by atoms with van der Waals surface area (Å²) in [5.74, 6) is -1.10. The van der Waals surface area contributed by atoms with Gasteiger partial charge < -0.3 is 9.47 Å². The van der Waals surface area contributed by atoms with E-state index in [-0.39, 0.29) is 34.6 Å². The van der Waals surface area contributed by atoms with Gasteiger partial charge in [0.25, 0.3) is 0 Å². The molecule has 24 heavy (non-hydrogen) atoms. The second-order valence-corrected chi connectivity index (χ2v) is 9.89. The topological polar surface area (TPSA) is 52.6 Å². The van der Waals surface area contributed by atoms with E-state index in [1.807, 2.05) is 55.4 Å². The van der Waals surface area contributed by atoms with Gasteiger partial charge in [-0.1, -0.05) is 68.7 Å². The summed E-state index contributed by atoms with van der Waals surface area (Å²) < 4.78 is 10.9. The van der Waals surface area contributed by atoms with Crippen LogP contribution in [0.1, 0.15) is 81.6 Å². The van der Waals surface area contributed by atoms with E-state index < -0.39 is 5.92 Å². The first-order valence-electron chi connectivity index (χ1n) is 9.00. The second-order valence-electron chi connectivity index (χ2n) is 9.89. The third-order valence-electron chi connectivity index (χ3n) is 3.81. The summed E-state index contributed by atoms with van der Waals surface area (Å²) in [5, 5.41) is 0. The van der Waals surface area contributed by atoms with E-state index in [1.54, 1.807) is 0 Å². The van der Waals surface area contributed by atoms with Crippen molar-refractivity contribution in [3.63, 3.8) is 0 Å². The first-order chi connectivity index (χ1) is 10.7. The molecule has 0 rings (SSSR count). The van der Waals surface area contributed by atoms with Gasteiger partial charge >= 0.3 is 11.9 Å². The van der Waals surface area contributed by atoms with Crippen LogP contribution < -0.4 is 0 Å². The van der Waals surface area contributed by atoms with Crippen LogP contribution in [0.2, 0.25) is 0 Å². The monoisotopic (exact) mass is 342 g/mol. The summed E-state index contributed by atoms with van der Waals surface area (Å²) in [6, 6.07) is 0. The van der Waals surface area contributed by atoms with Crippen LogP contribution in [-0.2, 0) is 19.1 Å². The van der Waals surface area contributed by atoms with Gasteiger partial charge in [-0.15, -0.1) is 0 Å². The van der Waals surface area contributed by atoms with Crippen molar-refractivity contribution in [1.29, 1.82) is 0 Å². The van der Waals surface area contributed by atoms with E-state index in [2.05, 4.69) is 6.92 Å². The lowest BCUT2D eigenvalue weighted by Gasteiger charge is -2.33. The minimum Gasteiger partial charge on any atom is -0.465 e. The van der Waals surface area contributed by atoms with Crippen molar-refractivity contribution in [2.24, 2.45) is 22.2 Å². The van der Waals surface area contributed by atoms with Crippen LogP contribution in [0.4, 0.5) is 0 Å². The zero-order chi connectivity index (χ0) is 19.2. The van der Waals surface area contributed by atoms with E-state index in [0.717, 1.165) is 12.8 Å². The van der Waals surface area contributed by atoms with E-state index in [0.29, 0.717) is 13.2 Å². The SMILES string of the molecule is CCCC(C)(C)C(CC(=O)OCC(C)(C)C)C(=O)OCC(C)(C)C. The summed E-state index contributed by atoms with van der Waals surface area (Å²) in [6.45, 7) is 18.9. The first-order valence-corrected chi connectivity index (χ1v) is 9.00. The molecule has 0 aliphatic heterocycles. The molecule has 4 heteroatoms. The van der Waals surface area contributed by atoms with Crippen molar-refractivity contribution in [2.75, 3.05) is 13.2 Å². The molecule has 0 aromatic rings. The summed E-state index contributed by atoms with van der Waals surface area (Å²) in [5.41, 5.74) is -0.483. The lowest BCUT2D eigenvalue weighted by atomic mass is 9.74. The fraction of sp³-hybridized carbons (Fsp3) is 0.900. The number of hydrogen-bond donors (Lipinski definition) is 0. The molecule has 142 valence electrons. The van der Waals surface area contributed by atoms with Gasteiger partial charge in [0, 0.05) is 0 Å². The fourth-order valence-electron chi connectivity index (χ4n) is 2.41. The smallest absolute Gasteiger partial charge is 0.310 e. The predicted molar refractivity (Wildman–Crippen MR) is 97.6 cm³/mol. The number of carbonyl (C=O) groups excluding carboxylic acids is 2. The van der Waals surface area contributed by atoms with Gasteiger partial charge in [-0.3, -0.25) is 9.59 Å². The molecule has 4 nitrogen and oxygen atoms in total. The molecule has 0 saturated heterocycles. The lowest BCUT2D eigenvalue weighted by Crippen LogP contribution is -2.36. The molecule has 0 amide bonds. The van der Waals surface area contributed by atoms with E-state index in [4.69, 9.17) is 9.47 Å². The standard InChI is InChI=1S/C20H38O4/c1-10-11-20(8,9)15(17(22)24-14-19(5,6)7)12-16(21)23-13-18(2,3)4/h15H,10-14H2,1-9H3. The molecule has 1 unspecified atom stereocenters. The van der Waals surface area contributed by atoms with Crippen LogP contribution in [0.15, 0.2) is 0 Å². The van der Waals surface area contributed by atoms with Gasteiger partial charge in [-0.2, -0.15) is 0 Å². The molecular formula is C20H38O4. The molecule has 0 N–H and O–H groups in total. The molecule has 0 radical (unpaired) electrons. The number of hydrogen-bond acceptors (Lipinski definition) is 4. The Balaban J connectivity index is 5.00. The van der Waals surface area contributed by atoms with Crippen molar-refractivity contribution < 1.29 is 19.1 Å². The van der Waals surface area contributed by atoms with Crippen molar-refractivity contribution in [3.8, 4) is 0 Å². The largest absolute Gasteiger partial charge is 0.465 e. The van der Waals surface area contributed by atoms with Crippen molar-refractivity contribution in [2.45, 2.75) is 81.6 Å². The van der Waals surface area contributed by atoms with Crippen molar-refractivity contribution in [3.05, 3.63) is 0 Å². The van der Waals surface area contributed by atoms with Crippen LogP contribution in [0.3, 0.4) is 0 Å². The number of esters is 2. The summed E-state index contributed by atoms with van der Waals surface area (Å²) in [4.78, 5) is 24.8. The maximum atomic E-state index is 12.6. The third-order valence-corrected chi connectivity index (χ3v) is 3.81. The maximum absolute atomic E-state index is 12.6. The summed E-state index contributed by atoms with van der Waals surface area (Å²) in [7, 11) is 0. The first kappa shape index (κ1) is 22.9. The van der Waals surface area contributed by atoms with Crippen LogP contribution in [0.25, 0.3) is 0 Å². The Hall–Kier alpha value is -1.06. The fourth-order valence-corrected chi connectivity index (χ4v) is 2.41. The Morgan fingerprint density at radius 2 is 1.29 bits per heavy atom. The normalized spacial score (nSPS) is 14.2. The molecule has 0 spiro atoms. The van der Waals surface area contributed by atoms with Crippen LogP contribution in [0.5, 0.6) is 0 Å². The van der Waals surface area contributed by atoms with Gasteiger partial charge in [0.15, 0.2) is 0 Å². The highest BCUT2D eigenvalue weighted by Crippen LogP contribution is 2.36. The quantitative estimate of drug-likeness (QED) is 0.583. The molecule has 1 atom stereocenters. The Labute approximate surface area is 148 Å². The summed E-state index contributed by atoms with van der Waals surface area (Å²) >= 11 is 0.